The topological polar surface area (TPSA) is 56.3 Å². The molecule has 0 atom stereocenters. The second-order valence-corrected chi connectivity index (χ2v) is 4.51. The molecule has 0 aliphatic rings. The normalized spacial score (nSPS) is 10.1. The average Bonchev–Trinajstić information content (AvgIpc) is 2.44. The zero-order valence-corrected chi connectivity index (χ0v) is 12.3. The molecule has 1 aromatic heterocycles. The van der Waals surface area contributed by atoms with Gasteiger partial charge in [0.1, 0.15) is 11.5 Å². The Morgan fingerprint density at radius 3 is 2.53 bits per heavy atom. The van der Waals surface area contributed by atoms with Crippen molar-refractivity contribution in [1.82, 2.24) is 9.97 Å². The van der Waals surface area contributed by atoms with Crippen molar-refractivity contribution in [3.8, 4) is 17.4 Å². The Morgan fingerprint density at radius 1 is 1.21 bits per heavy atom. The Hall–Kier alpha value is -1.82. The Labute approximate surface area is 120 Å². The fraction of sp³-hybridized carbons (Fsp3) is 0.231. The molecule has 2 rings (SSSR count). The quantitative estimate of drug-likeness (QED) is 0.913. The number of rotatable bonds is 5. The first-order valence-electron chi connectivity index (χ1n) is 5.81. The highest BCUT2D eigenvalue weighted by Gasteiger charge is 2.07. The van der Waals surface area contributed by atoms with E-state index in [4.69, 9.17) is 9.47 Å². The molecule has 100 valence electrons. The van der Waals surface area contributed by atoms with Crippen LogP contribution >= 0.6 is 15.9 Å². The SMILES string of the molecule is CCNc1ncc(Br)c(Oc2ccc(OC)cc2)n1. The van der Waals surface area contributed by atoms with E-state index in [1.807, 2.05) is 31.2 Å². The summed E-state index contributed by atoms with van der Waals surface area (Å²) in [5.74, 6) is 2.47. The lowest BCUT2D eigenvalue weighted by Crippen LogP contribution is -2.03. The predicted molar refractivity (Wildman–Crippen MR) is 77.0 cm³/mol. The molecule has 19 heavy (non-hydrogen) atoms. The van der Waals surface area contributed by atoms with Crippen molar-refractivity contribution in [1.29, 1.82) is 0 Å². The molecule has 1 N–H and O–H groups in total. The van der Waals surface area contributed by atoms with Crippen molar-refractivity contribution in [3.63, 3.8) is 0 Å². The van der Waals surface area contributed by atoms with Gasteiger partial charge in [0.05, 0.1) is 17.8 Å². The van der Waals surface area contributed by atoms with Gasteiger partial charge in [-0.05, 0) is 47.1 Å². The average molecular weight is 324 g/mol. The van der Waals surface area contributed by atoms with Gasteiger partial charge in [-0.2, -0.15) is 4.98 Å². The van der Waals surface area contributed by atoms with Gasteiger partial charge < -0.3 is 14.8 Å². The summed E-state index contributed by atoms with van der Waals surface area (Å²) >= 11 is 3.36. The van der Waals surface area contributed by atoms with Gasteiger partial charge in [-0.15, -0.1) is 0 Å². The van der Waals surface area contributed by atoms with Gasteiger partial charge in [0.2, 0.25) is 11.8 Å². The van der Waals surface area contributed by atoms with Gasteiger partial charge in [-0.25, -0.2) is 4.98 Å². The van der Waals surface area contributed by atoms with Crippen molar-refractivity contribution in [2.24, 2.45) is 0 Å². The van der Waals surface area contributed by atoms with Crippen LogP contribution in [0.15, 0.2) is 34.9 Å². The summed E-state index contributed by atoms with van der Waals surface area (Å²) in [6, 6.07) is 7.30. The second kappa shape index (κ2) is 6.38. The minimum absolute atomic E-state index is 0.469. The smallest absolute Gasteiger partial charge is 0.238 e. The van der Waals surface area contributed by atoms with Gasteiger partial charge in [-0.3, -0.25) is 0 Å². The molecule has 2 aromatic rings. The number of hydrogen-bond acceptors (Lipinski definition) is 5. The van der Waals surface area contributed by atoms with E-state index in [2.05, 4.69) is 31.2 Å². The third-order valence-electron chi connectivity index (χ3n) is 2.32. The van der Waals surface area contributed by atoms with E-state index < -0.39 is 0 Å². The van der Waals surface area contributed by atoms with Gasteiger partial charge in [-0.1, -0.05) is 0 Å². The summed E-state index contributed by atoms with van der Waals surface area (Å²) < 4.78 is 11.5. The molecule has 6 heteroatoms. The zero-order chi connectivity index (χ0) is 13.7. The highest BCUT2D eigenvalue weighted by atomic mass is 79.9. The molecular formula is C13H14BrN3O2. The van der Waals surface area contributed by atoms with E-state index in [1.165, 1.54) is 0 Å². The first-order valence-corrected chi connectivity index (χ1v) is 6.60. The summed E-state index contributed by atoms with van der Waals surface area (Å²) in [5, 5.41) is 3.04. The van der Waals surface area contributed by atoms with E-state index in [0.29, 0.717) is 22.1 Å². The number of benzene rings is 1. The van der Waals surface area contributed by atoms with Crippen molar-refractivity contribution >= 4 is 21.9 Å². The minimum Gasteiger partial charge on any atom is -0.497 e. The molecule has 1 heterocycles. The number of methoxy groups -OCH3 is 1. The first-order chi connectivity index (χ1) is 9.22. The number of ether oxygens (including phenoxy) is 2. The van der Waals surface area contributed by atoms with Crippen LogP contribution in [-0.4, -0.2) is 23.6 Å². The van der Waals surface area contributed by atoms with E-state index in [1.54, 1.807) is 13.3 Å². The van der Waals surface area contributed by atoms with Crippen LogP contribution in [0.25, 0.3) is 0 Å². The lowest BCUT2D eigenvalue weighted by Gasteiger charge is -2.09. The fourth-order valence-electron chi connectivity index (χ4n) is 1.42. The molecule has 0 bridgehead atoms. The van der Waals surface area contributed by atoms with Crippen LogP contribution in [0, 0.1) is 0 Å². The van der Waals surface area contributed by atoms with Crippen LogP contribution in [0.5, 0.6) is 17.4 Å². The molecule has 0 aliphatic heterocycles. The molecule has 0 amide bonds. The number of halogens is 1. The monoisotopic (exact) mass is 323 g/mol. The maximum absolute atomic E-state index is 5.70. The van der Waals surface area contributed by atoms with Crippen LogP contribution in [0.4, 0.5) is 5.95 Å². The Balaban J connectivity index is 2.18. The van der Waals surface area contributed by atoms with Gasteiger partial charge in [0, 0.05) is 6.54 Å². The largest absolute Gasteiger partial charge is 0.497 e. The molecule has 1 aromatic carbocycles. The van der Waals surface area contributed by atoms with Crippen molar-refractivity contribution < 1.29 is 9.47 Å². The van der Waals surface area contributed by atoms with Crippen molar-refractivity contribution in [2.75, 3.05) is 19.0 Å². The molecule has 0 fully saturated rings. The molecular weight excluding hydrogens is 310 g/mol. The first kappa shape index (κ1) is 13.6. The van der Waals surface area contributed by atoms with E-state index >= 15 is 0 Å². The maximum Gasteiger partial charge on any atom is 0.238 e. The lowest BCUT2D eigenvalue weighted by atomic mass is 10.3. The van der Waals surface area contributed by atoms with Crippen LogP contribution in [0.2, 0.25) is 0 Å². The van der Waals surface area contributed by atoms with Crippen molar-refractivity contribution in [2.45, 2.75) is 6.92 Å². The summed E-state index contributed by atoms with van der Waals surface area (Å²) in [5.41, 5.74) is 0. The number of anilines is 1. The number of nitrogens with one attached hydrogen (secondary N) is 1. The fourth-order valence-corrected chi connectivity index (χ4v) is 1.69. The van der Waals surface area contributed by atoms with Gasteiger partial charge in [0.25, 0.3) is 0 Å². The predicted octanol–water partition coefficient (Wildman–Crippen LogP) is 3.47. The lowest BCUT2D eigenvalue weighted by molar-refractivity contribution is 0.412. The molecule has 5 nitrogen and oxygen atoms in total. The van der Waals surface area contributed by atoms with E-state index in [-0.39, 0.29) is 0 Å². The van der Waals surface area contributed by atoms with Crippen LogP contribution < -0.4 is 14.8 Å². The molecule has 0 saturated carbocycles. The van der Waals surface area contributed by atoms with Crippen molar-refractivity contribution in [3.05, 3.63) is 34.9 Å². The summed E-state index contributed by atoms with van der Waals surface area (Å²) in [6.07, 6.45) is 1.66. The number of aromatic nitrogens is 2. The zero-order valence-electron chi connectivity index (χ0n) is 10.7. The molecule has 0 unspecified atom stereocenters. The van der Waals surface area contributed by atoms with Crippen LogP contribution in [0.3, 0.4) is 0 Å². The Bertz CT molecular complexity index is 546. The molecule has 0 aliphatic carbocycles. The third kappa shape index (κ3) is 3.57. The Morgan fingerprint density at radius 2 is 1.89 bits per heavy atom. The maximum atomic E-state index is 5.70. The summed E-state index contributed by atoms with van der Waals surface area (Å²) in [4.78, 5) is 8.41. The molecule has 0 radical (unpaired) electrons. The van der Waals surface area contributed by atoms with Crippen LogP contribution in [-0.2, 0) is 0 Å². The standard InChI is InChI=1S/C13H14BrN3O2/c1-3-15-13-16-8-11(14)12(17-13)19-10-6-4-9(18-2)5-7-10/h4-8H,3H2,1-2H3,(H,15,16,17). The van der Waals surface area contributed by atoms with Gasteiger partial charge >= 0.3 is 0 Å². The molecule has 0 saturated heterocycles. The Kier molecular flexibility index (Phi) is 4.57. The van der Waals surface area contributed by atoms with E-state index in [9.17, 15) is 0 Å². The third-order valence-corrected chi connectivity index (χ3v) is 2.86. The highest BCUT2D eigenvalue weighted by molar-refractivity contribution is 9.10. The number of hydrogen-bond donors (Lipinski definition) is 1. The summed E-state index contributed by atoms with van der Waals surface area (Å²) in [6.45, 7) is 2.74. The van der Waals surface area contributed by atoms with Crippen LogP contribution in [0.1, 0.15) is 6.92 Å². The number of nitrogens with zero attached hydrogens (tertiary/aromatic N) is 2. The minimum atomic E-state index is 0.469. The highest BCUT2D eigenvalue weighted by Crippen LogP contribution is 2.28. The van der Waals surface area contributed by atoms with E-state index in [0.717, 1.165) is 12.3 Å². The molecule has 0 spiro atoms. The summed E-state index contributed by atoms with van der Waals surface area (Å²) in [7, 11) is 1.62. The second-order valence-electron chi connectivity index (χ2n) is 3.65. The van der Waals surface area contributed by atoms with Gasteiger partial charge in [0.15, 0.2) is 0 Å².